The molecule has 1 amide bonds. The lowest BCUT2D eigenvalue weighted by Gasteiger charge is -2.27. The maximum absolute atomic E-state index is 13.6. The Kier molecular flexibility index (Phi) is 6.98. The predicted octanol–water partition coefficient (Wildman–Crippen LogP) is 3.20. The van der Waals surface area contributed by atoms with E-state index in [9.17, 15) is 4.79 Å². The summed E-state index contributed by atoms with van der Waals surface area (Å²) in [7, 11) is 0. The second-order valence-corrected chi connectivity index (χ2v) is 9.13. The minimum Gasteiger partial charge on any atom is -0.492 e. The van der Waals surface area contributed by atoms with Gasteiger partial charge in [0.05, 0.1) is 30.0 Å². The third-order valence-corrected chi connectivity index (χ3v) is 6.91. The summed E-state index contributed by atoms with van der Waals surface area (Å²) in [6.07, 6.45) is 0.845. The van der Waals surface area contributed by atoms with Crippen molar-refractivity contribution in [3.05, 3.63) is 42.5 Å². The molecule has 0 unspecified atom stereocenters. The zero-order valence-corrected chi connectivity index (χ0v) is 20.0. The van der Waals surface area contributed by atoms with E-state index in [0.717, 1.165) is 66.3 Å². The molecule has 0 spiro atoms. The Labute approximate surface area is 201 Å². The van der Waals surface area contributed by atoms with Crippen molar-refractivity contribution in [1.29, 1.82) is 0 Å². The fourth-order valence-electron chi connectivity index (χ4n) is 4.15. The molecule has 1 aliphatic heterocycles. The van der Waals surface area contributed by atoms with Crippen LogP contribution >= 0.6 is 11.3 Å². The molecule has 2 aromatic carbocycles. The fraction of sp³-hybridized carbons (Fsp3) is 0.417. The molecule has 9 nitrogen and oxygen atoms in total. The van der Waals surface area contributed by atoms with Crippen LogP contribution < -0.4 is 9.64 Å². The number of nitrogens with zero attached hydrogens (tertiary/aromatic N) is 6. The van der Waals surface area contributed by atoms with Crippen molar-refractivity contribution in [1.82, 2.24) is 24.9 Å². The molecular weight excluding hydrogens is 452 g/mol. The quantitative estimate of drug-likeness (QED) is 0.364. The summed E-state index contributed by atoms with van der Waals surface area (Å²) in [6.45, 7) is 7.49. The van der Waals surface area contributed by atoms with E-state index in [1.807, 2.05) is 49.4 Å². The van der Waals surface area contributed by atoms with E-state index in [-0.39, 0.29) is 12.5 Å². The Bertz CT molecular complexity index is 1270. The minimum atomic E-state index is -0.0605. The average Bonchev–Trinajstić information content (AvgIpc) is 3.48. The maximum atomic E-state index is 13.6. The van der Waals surface area contributed by atoms with Crippen LogP contribution in [0.25, 0.3) is 21.3 Å². The molecule has 0 atom stereocenters. The molecule has 178 valence electrons. The van der Waals surface area contributed by atoms with Crippen LogP contribution in [-0.2, 0) is 16.1 Å². The number of amides is 1. The third-order valence-electron chi connectivity index (χ3n) is 5.87. The number of fused-ring (bicyclic) bond motifs is 2. The molecule has 0 saturated carbocycles. The first kappa shape index (κ1) is 22.7. The van der Waals surface area contributed by atoms with Gasteiger partial charge in [-0.05, 0) is 37.6 Å². The highest BCUT2D eigenvalue weighted by atomic mass is 32.1. The molecule has 0 N–H and O–H groups in total. The highest BCUT2D eigenvalue weighted by Crippen LogP contribution is 2.34. The van der Waals surface area contributed by atoms with Crippen LogP contribution in [0.4, 0.5) is 5.13 Å². The van der Waals surface area contributed by atoms with Crippen molar-refractivity contribution in [3.8, 4) is 5.75 Å². The number of hydrogen-bond acceptors (Lipinski definition) is 8. The number of morpholine rings is 1. The number of hydrogen-bond donors (Lipinski definition) is 0. The van der Waals surface area contributed by atoms with Crippen LogP contribution in [0.3, 0.4) is 0 Å². The van der Waals surface area contributed by atoms with Gasteiger partial charge < -0.3 is 9.47 Å². The molecule has 0 bridgehead atoms. The number of carbonyl (C=O) groups excluding carboxylic acids is 1. The normalized spacial score (nSPS) is 14.6. The second kappa shape index (κ2) is 10.5. The lowest BCUT2D eigenvalue weighted by atomic mass is 10.3. The molecule has 1 aliphatic rings. The van der Waals surface area contributed by atoms with Gasteiger partial charge in [-0.2, -0.15) is 0 Å². The molecular formula is C24H28N6O3S. The van der Waals surface area contributed by atoms with E-state index in [2.05, 4.69) is 15.2 Å². The lowest BCUT2D eigenvalue weighted by Crippen LogP contribution is -2.40. The number of ether oxygens (including phenoxy) is 2. The molecule has 3 heterocycles. The van der Waals surface area contributed by atoms with E-state index in [4.69, 9.17) is 14.5 Å². The van der Waals surface area contributed by atoms with Gasteiger partial charge in [0, 0.05) is 26.2 Å². The Hall–Kier alpha value is -3.08. The third kappa shape index (κ3) is 4.89. The van der Waals surface area contributed by atoms with Gasteiger partial charge in [-0.1, -0.05) is 34.7 Å². The summed E-state index contributed by atoms with van der Waals surface area (Å²) < 4.78 is 13.9. The van der Waals surface area contributed by atoms with Crippen LogP contribution in [0.1, 0.15) is 13.3 Å². The molecule has 1 saturated heterocycles. The molecule has 4 aromatic rings. The second-order valence-electron chi connectivity index (χ2n) is 8.12. The first-order valence-corrected chi connectivity index (χ1v) is 12.5. The highest BCUT2D eigenvalue weighted by Gasteiger charge is 2.23. The van der Waals surface area contributed by atoms with Gasteiger partial charge in [0.25, 0.3) is 5.91 Å². The summed E-state index contributed by atoms with van der Waals surface area (Å²) in [6, 6.07) is 13.6. The molecule has 0 radical (unpaired) electrons. The van der Waals surface area contributed by atoms with E-state index in [0.29, 0.717) is 18.3 Å². The van der Waals surface area contributed by atoms with Crippen molar-refractivity contribution < 1.29 is 14.3 Å². The Morgan fingerprint density at radius 1 is 1.18 bits per heavy atom. The van der Waals surface area contributed by atoms with Crippen LogP contribution in [-0.4, -0.2) is 76.8 Å². The van der Waals surface area contributed by atoms with Crippen molar-refractivity contribution >= 4 is 43.6 Å². The first-order chi connectivity index (χ1) is 16.7. The van der Waals surface area contributed by atoms with Gasteiger partial charge in [-0.3, -0.25) is 14.6 Å². The summed E-state index contributed by atoms with van der Waals surface area (Å²) in [5.41, 5.74) is 2.41. The number of carbonyl (C=O) groups is 1. The van der Waals surface area contributed by atoms with Gasteiger partial charge in [0.2, 0.25) is 0 Å². The summed E-state index contributed by atoms with van der Waals surface area (Å²) in [4.78, 5) is 22.6. The zero-order chi connectivity index (χ0) is 23.3. The average molecular weight is 481 g/mol. The van der Waals surface area contributed by atoms with Crippen LogP contribution in [0, 0.1) is 0 Å². The number of benzene rings is 2. The van der Waals surface area contributed by atoms with E-state index in [1.165, 1.54) is 11.3 Å². The lowest BCUT2D eigenvalue weighted by molar-refractivity contribution is -0.119. The number of rotatable bonds is 9. The summed E-state index contributed by atoms with van der Waals surface area (Å²) in [5, 5.41) is 9.07. The van der Waals surface area contributed by atoms with Crippen molar-refractivity contribution in [2.24, 2.45) is 0 Å². The molecule has 0 aliphatic carbocycles. The maximum Gasteiger partial charge on any atom is 0.250 e. The van der Waals surface area contributed by atoms with Crippen molar-refractivity contribution in [3.63, 3.8) is 0 Å². The van der Waals surface area contributed by atoms with E-state index >= 15 is 0 Å². The summed E-state index contributed by atoms with van der Waals surface area (Å²) >= 11 is 1.51. The highest BCUT2D eigenvalue weighted by molar-refractivity contribution is 7.22. The number of thiazole rings is 1. The van der Waals surface area contributed by atoms with Crippen LogP contribution in [0.2, 0.25) is 0 Å². The van der Waals surface area contributed by atoms with Gasteiger partial charge in [0.1, 0.15) is 23.3 Å². The smallest absolute Gasteiger partial charge is 0.250 e. The minimum absolute atomic E-state index is 0.0605. The predicted molar refractivity (Wildman–Crippen MR) is 133 cm³/mol. The van der Waals surface area contributed by atoms with Crippen molar-refractivity contribution in [2.75, 3.05) is 50.9 Å². The SMILES string of the molecule is CCOc1cccc2sc(N(CCCN3CCOCC3)C(=O)Cn3nnc4ccccc43)nc12. The molecule has 1 fully saturated rings. The number of para-hydroxylation sites is 2. The topological polar surface area (TPSA) is 85.6 Å². The van der Waals surface area contributed by atoms with Gasteiger partial charge in [-0.25, -0.2) is 9.67 Å². The van der Waals surface area contributed by atoms with Crippen LogP contribution in [0.5, 0.6) is 5.75 Å². The standard InChI is InChI=1S/C24H28N6O3S/c1-2-33-20-9-5-10-21-23(20)25-24(34-21)29(12-6-11-28-13-15-32-16-14-28)22(31)17-30-19-8-4-3-7-18(19)26-27-30/h3-5,7-10H,2,6,11-17H2,1H3. The zero-order valence-electron chi connectivity index (χ0n) is 19.2. The number of anilines is 1. The van der Waals surface area contributed by atoms with Crippen molar-refractivity contribution in [2.45, 2.75) is 19.9 Å². The molecule has 34 heavy (non-hydrogen) atoms. The molecule has 5 rings (SSSR count). The molecule has 10 heteroatoms. The Balaban J connectivity index is 1.39. The fourth-order valence-corrected chi connectivity index (χ4v) is 5.18. The van der Waals surface area contributed by atoms with Gasteiger partial charge >= 0.3 is 0 Å². The molecule has 2 aromatic heterocycles. The van der Waals surface area contributed by atoms with Crippen LogP contribution in [0.15, 0.2) is 42.5 Å². The van der Waals surface area contributed by atoms with E-state index in [1.54, 1.807) is 9.58 Å². The Morgan fingerprint density at radius 2 is 2.03 bits per heavy atom. The van der Waals surface area contributed by atoms with Gasteiger partial charge in [-0.15, -0.1) is 5.10 Å². The van der Waals surface area contributed by atoms with E-state index < -0.39 is 0 Å². The summed E-state index contributed by atoms with van der Waals surface area (Å²) in [5.74, 6) is 0.681. The number of aromatic nitrogens is 4. The Morgan fingerprint density at radius 3 is 2.88 bits per heavy atom. The van der Waals surface area contributed by atoms with Gasteiger partial charge in [0.15, 0.2) is 5.13 Å². The first-order valence-electron chi connectivity index (χ1n) is 11.6. The largest absolute Gasteiger partial charge is 0.492 e. The monoisotopic (exact) mass is 480 g/mol.